The van der Waals surface area contributed by atoms with Crippen LogP contribution < -0.4 is 0 Å². The number of aliphatic carboxylic acids is 3. The quantitative estimate of drug-likeness (QED) is 0.115. The molecule has 1 rings (SSSR count). The first kappa shape index (κ1) is 34.1. The molecule has 0 aromatic heterocycles. The molecule has 0 amide bonds. The van der Waals surface area contributed by atoms with E-state index in [0.29, 0.717) is 0 Å². The summed E-state index contributed by atoms with van der Waals surface area (Å²) in [7, 11) is -3.81. The molecule has 0 saturated carbocycles. The van der Waals surface area contributed by atoms with Crippen molar-refractivity contribution in [2.45, 2.75) is 12.2 Å². The van der Waals surface area contributed by atoms with E-state index in [0.717, 1.165) is 10.6 Å². The largest absolute Gasteiger partial charge is 0.480 e. The van der Waals surface area contributed by atoms with Crippen LogP contribution in [0.2, 0.25) is 0 Å². The molecular formula is C21H41N5O11S. The zero-order valence-electron chi connectivity index (χ0n) is 21.6. The highest BCUT2D eigenvalue weighted by molar-refractivity contribution is 7.88. The molecule has 1 aliphatic rings. The van der Waals surface area contributed by atoms with Gasteiger partial charge in [0, 0.05) is 72.0 Å². The lowest BCUT2D eigenvalue weighted by Crippen LogP contribution is -2.50. The van der Waals surface area contributed by atoms with Crippen LogP contribution in [-0.4, -0.2) is 198 Å². The molecule has 222 valence electrons. The number of rotatable bonds is 14. The molecule has 0 radical (unpaired) electrons. The first-order valence-electron chi connectivity index (χ1n) is 12.2. The second-order valence-electron chi connectivity index (χ2n) is 9.38. The first-order valence-corrected chi connectivity index (χ1v) is 14.0. The van der Waals surface area contributed by atoms with Crippen LogP contribution >= 0.6 is 0 Å². The number of hydrogen-bond acceptors (Lipinski definition) is 12. The Morgan fingerprint density at radius 2 is 1.00 bits per heavy atom. The van der Waals surface area contributed by atoms with Crippen LogP contribution in [-0.2, 0) is 24.4 Å². The van der Waals surface area contributed by atoms with Crippen LogP contribution in [0, 0.1) is 0 Å². The monoisotopic (exact) mass is 571 g/mol. The molecule has 2 unspecified atom stereocenters. The maximum absolute atomic E-state index is 12.1. The van der Waals surface area contributed by atoms with Gasteiger partial charge in [-0.15, -0.1) is 0 Å². The van der Waals surface area contributed by atoms with Gasteiger partial charge >= 0.3 is 17.9 Å². The van der Waals surface area contributed by atoms with E-state index in [1.807, 2.05) is 0 Å². The van der Waals surface area contributed by atoms with Gasteiger partial charge in [0.1, 0.15) is 0 Å². The molecule has 0 spiro atoms. The highest BCUT2D eigenvalue weighted by Crippen LogP contribution is 2.06. The Hall–Kier alpha value is -1.96. The topological polar surface area (TPSA) is 223 Å². The fraction of sp³-hybridized carbons (Fsp3) is 0.857. The summed E-state index contributed by atoms with van der Waals surface area (Å²) < 4.78 is 25.0. The summed E-state index contributed by atoms with van der Waals surface area (Å²) in [6, 6.07) is 0. The molecule has 16 nitrogen and oxygen atoms in total. The lowest BCUT2D eigenvalue weighted by atomic mass is 10.2. The van der Waals surface area contributed by atoms with Gasteiger partial charge < -0.3 is 30.6 Å². The van der Waals surface area contributed by atoms with Gasteiger partial charge in [-0.3, -0.25) is 34.0 Å². The maximum atomic E-state index is 12.1. The Kier molecular flexibility index (Phi) is 15.1. The molecule has 6 N–H and O–H groups in total. The third-order valence-electron chi connectivity index (χ3n) is 5.98. The molecule has 0 aromatic carbocycles. The first-order chi connectivity index (χ1) is 17.7. The van der Waals surface area contributed by atoms with Crippen molar-refractivity contribution in [1.29, 1.82) is 0 Å². The molecule has 0 aromatic rings. The smallest absolute Gasteiger partial charge is 0.317 e. The molecule has 1 saturated heterocycles. The number of β-amino-alcohol motifs (C(OH)–C–C–N with tert-alkyl or cyclic N) is 1. The van der Waals surface area contributed by atoms with Crippen molar-refractivity contribution in [2.75, 3.05) is 104 Å². The molecule has 0 bridgehead atoms. The van der Waals surface area contributed by atoms with Gasteiger partial charge in [0.25, 0.3) is 0 Å². The highest BCUT2D eigenvalue weighted by atomic mass is 32.2. The number of carboxylic acid groups (broad SMARTS) is 3. The van der Waals surface area contributed by atoms with E-state index in [2.05, 4.69) is 0 Å². The fourth-order valence-electron chi connectivity index (χ4n) is 4.04. The van der Waals surface area contributed by atoms with Crippen molar-refractivity contribution in [3.8, 4) is 0 Å². The number of aliphatic hydroxyl groups is 3. The minimum Gasteiger partial charge on any atom is -0.480 e. The number of carbonyl (C=O) groups is 3. The summed E-state index contributed by atoms with van der Waals surface area (Å²) in [5.74, 6) is -3.18. The van der Waals surface area contributed by atoms with E-state index in [1.165, 1.54) is 0 Å². The number of hydrogen-bond donors (Lipinski definition) is 6. The number of nitrogens with zero attached hydrogens (tertiary/aromatic N) is 5. The van der Waals surface area contributed by atoms with E-state index >= 15 is 0 Å². The third-order valence-corrected chi connectivity index (χ3v) is 7.22. The van der Waals surface area contributed by atoms with Gasteiger partial charge in [-0.1, -0.05) is 0 Å². The van der Waals surface area contributed by atoms with E-state index in [9.17, 15) is 48.3 Å². The Labute approximate surface area is 222 Å². The Bertz CT molecular complexity index is 830. The van der Waals surface area contributed by atoms with Crippen LogP contribution in [0.4, 0.5) is 0 Å². The van der Waals surface area contributed by atoms with Crippen molar-refractivity contribution in [1.82, 2.24) is 23.9 Å². The molecule has 1 heterocycles. The molecule has 0 aliphatic carbocycles. The van der Waals surface area contributed by atoms with E-state index in [1.54, 1.807) is 19.6 Å². The van der Waals surface area contributed by atoms with Gasteiger partial charge in [0.05, 0.1) is 44.7 Å². The predicted octanol–water partition coefficient (Wildman–Crippen LogP) is -4.56. The van der Waals surface area contributed by atoms with Crippen molar-refractivity contribution in [2.24, 2.45) is 0 Å². The maximum Gasteiger partial charge on any atom is 0.317 e. The van der Waals surface area contributed by atoms with E-state index in [4.69, 9.17) is 5.11 Å². The number of carboxylic acids is 3. The number of sulfonamides is 1. The van der Waals surface area contributed by atoms with Crippen molar-refractivity contribution < 1.29 is 53.4 Å². The molecule has 38 heavy (non-hydrogen) atoms. The normalized spacial score (nSPS) is 19.9. The van der Waals surface area contributed by atoms with Crippen LogP contribution in [0.5, 0.6) is 0 Å². The van der Waals surface area contributed by atoms with Gasteiger partial charge in [0.15, 0.2) is 0 Å². The number of aliphatic hydroxyl groups excluding tert-OH is 3. The average molecular weight is 572 g/mol. The average Bonchev–Trinajstić information content (AvgIpc) is 2.78. The van der Waals surface area contributed by atoms with Crippen molar-refractivity contribution >= 4 is 27.9 Å². The standard InChI is InChI=1S/C21H41N5O11S/c1-38(36,37)26(12-18(29)16-27)11-17(28)10-22-2-4-23(13-19(30)31)6-8-25(15-21(34)35)9-7-24(5-3-22)14-20(32)33/h17-18,27-29H,2-16H2,1H3,(H,30,31)(H,32,33)(H,34,35). The second-order valence-corrected chi connectivity index (χ2v) is 11.4. The van der Waals surface area contributed by atoms with Gasteiger partial charge in [-0.25, -0.2) is 8.42 Å². The summed E-state index contributed by atoms with van der Waals surface area (Å²) in [5.41, 5.74) is 0. The van der Waals surface area contributed by atoms with Gasteiger partial charge in [-0.05, 0) is 0 Å². The lowest BCUT2D eigenvalue weighted by Gasteiger charge is -2.34. The summed E-state index contributed by atoms with van der Waals surface area (Å²) in [6.45, 7) is -0.267. The van der Waals surface area contributed by atoms with Crippen LogP contribution in [0.25, 0.3) is 0 Å². The third kappa shape index (κ3) is 14.8. The summed E-state index contributed by atoms with van der Waals surface area (Å²) in [5, 5.41) is 57.2. The van der Waals surface area contributed by atoms with Gasteiger partial charge in [0.2, 0.25) is 10.0 Å². The fourth-order valence-corrected chi connectivity index (χ4v) is 4.92. The molecule has 1 fully saturated rings. The van der Waals surface area contributed by atoms with Crippen molar-refractivity contribution in [3.05, 3.63) is 0 Å². The summed E-state index contributed by atoms with van der Waals surface area (Å²) in [6.07, 6.45) is -1.61. The molecule has 1 aliphatic heterocycles. The van der Waals surface area contributed by atoms with Crippen molar-refractivity contribution in [3.63, 3.8) is 0 Å². The Balaban J connectivity index is 3.04. The lowest BCUT2D eigenvalue weighted by molar-refractivity contribution is -0.140. The molecular weight excluding hydrogens is 530 g/mol. The SMILES string of the molecule is CS(=O)(=O)N(CC(O)CO)CC(O)CN1CCN(CC(=O)O)CCN(CC(=O)O)CCN(CC(=O)O)CC1. The van der Waals surface area contributed by atoms with Gasteiger partial charge in [-0.2, -0.15) is 4.31 Å². The Morgan fingerprint density at radius 1 is 0.684 bits per heavy atom. The van der Waals surface area contributed by atoms with E-state index < -0.39 is 53.3 Å². The van der Waals surface area contributed by atoms with Crippen LogP contribution in [0.1, 0.15) is 0 Å². The summed E-state index contributed by atoms with van der Waals surface area (Å²) in [4.78, 5) is 40.7. The zero-order chi connectivity index (χ0) is 28.9. The zero-order valence-corrected chi connectivity index (χ0v) is 22.4. The molecule has 2 atom stereocenters. The highest BCUT2D eigenvalue weighted by Gasteiger charge is 2.26. The summed E-state index contributed by atoms with van der Waals surface area (Å²) >= 11 is 0. The second kappa shape index (κ2) is 16.9. The minimum atomic E-state index is -3.81. The van der Waals surface area contributed by atoms with Crippen LogP contribution in [0.15, 0.2) is 0 Å². The Morgan fingerprint density at radius 3 is 1.29 bits per heavy atom. The van der Waals surface area contributed by atoms with Crippen LogP contribution in [0.3, 0.4) is 0 Å². The van der Waals surface area contributed by atoms with E-state index in [-0.39, 0.29) is 85.1 Å². The minimum absolute atomic E-state index is 0.0196. The predicted molar refractivity (Wildman–Crippen MR) is 134 cm³/mol. The molecule has 17 heteroatoms.